The lowest BCUT2D eigenvalue weighted by molar-refractivity contribution is -0.00456. The molecule has 8 heteroatoms. The number of piperazine rings is 1. The monoisotopic (exact) mass is 574 g/mol. The summed E-state index contributed by atoms with van der Waals surface area (Å²) in [5, 5.41) is 6.58. The Morgan fingerprint density at radius 3 is 2.21 bits per heavy atom. The Kier molecular flexibility index (Phi) is 7.20. The maximum atomic E-state index is 13.5. The number of halogens is 1. The number of benzene rings is 4. The predicted molar refractivity (Wildman–Crippen MR) is 161 cm³/mol. The number of ether oxygens (including phenoxy) is 1. The predicted octanol–water partition coefficient (Wildman–Crippen LogP) is 5.54. The minimum atomic E-state index is -0.968. The van der Waals surface area contributed by atoms with Gasteiger partial charge in [-0.3, -0.25) is 14.5 Å². The van der Waals surface area contributed by atoms with Crippen LogP contribution in [0.5, 0.6) is 5.75 Å². The number of para-hydroxylation sites is 1. The van der Waals surface area contributed by atoms with Crippen molar-refractivity contribution >= 4 is 17.4 Å². The van der Waals surface area contributed by atoms with Crippen molar-refractivity contribution in [2.45, 2.75) is 25.2 Å². The van der Waals surface area contributed by atoms with E-state index in [1.165, 1.54) is 29.8 Å². The summed E-state index contributed by atoms with van der Waals surface area (Å²) < 4.78 is 19.7. The number of rotatable bonds is 6. The number of carbonyl (C=O) groups excluding carboxylic acids is 2. The van der Waals surface area contributed by atoms with Crippen LogP contribution in [0.3, 0.4) is 0 Å². The second-order valence-electron chi connectivity index (χ2n) is 11.2. The first-order valence-electron chi connectivity index (χ1n) is 14.6. The molecule has 0 aliphatic carbocycles. The van der Waals surface area contributed by atoms with Gasteiger partial charge in [0.25, 0.3) is 12.1 Å². The maximum Gasteiger partial charge on any atom is 0.253 e. The van der Waals surface area contributed by atoms with Gasteiger partial charge in [-0.2, -0.15) is 5.10 Å². The van der Waals surface area contributed by atoms with Crippen LogP contribution in [0.25, 0.3) is 0 Å². The van der Waals surface area contributed by atoms with Crippen molar-refractivity contribution in [1.29, 1.82) is 0 Å². The molecule has 0 N–H and O–H groups in total. The van der Waals surface area contributed by atoms with E-state index in [-0.39, 0.29) is 17.7 Å². The Balaban J connectivity index is 1.06. The SMILES string of the molecule is O=C(c1ccc(F)cc1)C1Oc2ccccc2C2CC(c3ccc(C(=O)N4CCN(Cc5ccccc5)CC4)cc3)=NN12. The van der Waals surface area contributed by atoms with Crippen LogP contribution in [0.2, 0.25) is 0 Å². The molecular weight excluding hydrogens is 543 g/mol. The standard InChI is InChI=1S/C35H31FN4O3/c36-28-16-14-26(15-17-28)33(41)35-40-31(29-8-4-5-9-32(29)43-35)22-30(37-40)25-10-12-27(13-11-25)34(42)39-20-18-38(19-21-39)23-24-6-2-1-3-7-24/h1-17,31,35H,18-23H2. The van der Waals surface area contributed by atoms with Crippen LogP contribution in [0.1, 0.15) is 49.9 Å². The van der Waals surface area contributed by atoms with Crippen LogP contribution in [-0.4, -0.2) is 64.6 Å². The van der Waals surface area contributed by atoms with Gasteiger partial charge in [-0.15, -0.1) is 0 Å². The summed E-state index contributed by atoms with van der Waals surface area (Å²) in [4.78, 5) is 31.1. The molecule has 0 radical (unpaired) electrons. The minimum absolute atomic E-state index is 0.0315. The van der Waals surface area contributed by atoms with Crippen molar-refractivity contribution in [3.05, 3.63) is 137 Å². The molecule has 3 aliphatic rings. The first-order chi connectivity index (χ1) is 21.0. The van der Waals surface area contributed by atoms with Crippen molar-refractivity contribution in [2.24, 2.45) is 5.10 Å². The number of amides is 1. The average Bonchev–Trinajstić information content (AvgIpc) is 3.51. The van der Waals surface area contributed by atoms with Crippen molar-refractivity contribution in [2.75, 3.05) is 26.2 Å². The molecular formula is C35H31FN4O3. The Morgan fingerprint density at radius 1 is 0.791 bits per heavy atom. The van der Waals surface area contributed by atoms with E-state index >= 15 is 0 Å². The topological polar surface area (TPSA) is 65.5 Å². The zero-order valence-electron chi connectivity index (χ0n) is 23.6. The summed E-state index contributed by atoms with van der Waals surface area (Å²) in [6.07, 6.45) is -0.381. The van der Waals surface area contributed by atoms with Crippen LogP contribution in [-0.2, 0) is 6.54 Å². The molecule has 4 aromatic rings. The summed E-state index contributed by atoms with van der Waals surface area (Å²) in [5.74, 6) is -0.0122. The fourth-order valence-electron chi connectivity index (χ4n) is 6.08. The van der Waals surface area contributed by atoms with Gasteiger partial charge in [0, 0.05) is 55.8 Å². The van der Waals surface area contributed by atoms with E-state index in [0.29, 0.717) is 36.4 Å². The largest absolute Gasteiger partial charge is 0.461 e. The molecule has 1 fully saturated rings. The zero-order chi connectivity index (χ0) is 29.3. The van der Waals surface area contributed by atoms with Crippen LogP contribution >= 0.6 is 0 Å². The van der Waals surface area contributed by atoms with E-state index in [1.54, 1.807) is 5.01 Å². The van der Waals surface area contributed by atoms with Gasteiger partial charge in [-0.25, -0.2) is 9.40 Å². The summed E-state index contributed by atoms with van der Waals surface area (Å²) in [6.45, 7) is 3.96. The maximum absolute atomic E-state index is 13.5. The number of nitrogens with zero attached hydrogens (tertiary/aromatic N) is 4. The lowest BCUT2D eigenvalue weighted by Gasteiger charge is -2.37. The van der Waals surface area contributed by atoms with E-state index < -0.39 is 12.0 Å². The van der Waals surface area contributed by atoms with Crippen molar-refractivity contribution in [1.82, 2.24) is 14.8 Å². The smallest absolute Gasteiger partial charge is 0.253 e. The molecule has 1 amide bonds. The van der Waals surface area contributed by atoms with Gasteiger partial charge in [-0.05, 0) is 53.6 Å². The summed E-state index contributed by atoms with van der Waals surface area (Å²) in [6, 6.07) is 31.0. The number of hydrazone groups is 1. The Morgan fingerprint density at radius 2 is 1.47 bits per heavy atom. The number of ketones is 1. The first-order valence-corrected chi connectivity index (χ1v) is 14.6. The number of hydrogen-bond acceptors (Lipinski definition) is 6. The quantitative estimate of drug-likeness (QED) is 0.283. The van der Waals surface area contributed by atoms with Crippen LogP contribution in [0.4, 0.5) is 4.39 Å². The third-order valence-corrected chi connectivity index (χ3v) is 8.43. The molecule has 1 saturated heterocycles. The summed E-state index contributed by atoms with van der Waals surface area (Å²) in [7, 11) is 0. The fraction of sp³-hybridized carbons (Fsp3) is 0.229. The van der Waals surface area contributed by atoms with E-state index in [9.17, 15) is 14.0 Å². The Hall–Kier alpha value is -4.82. The molecule has 3 aliphatic heterocycles. The summed E-state index contributed by atoms with van der Waals surface area (Å²) in [5.41, 5.74) is 4.96. The molecule has 0 saturated carbocycles. The molecule has 216 valence electrons. The van der Waals surface area contributed by atoms with Gasteiger partial charge >= 0.3 is 0 Å². The molecule has 2 unspecified atom stereocenters. The molecule has 0 bridgehead atoms. The highest BCUT2D eigenvalue weighted by Gasteiger charge is 2.43. The van der Waals surface area contributed by atoms with Gasteiger partial charge in [0.15, 0.2) is 0 Å². The van der Waals surface area contributed by atoms with Gasteiger partial charge in [0.2, 0.25) is 5.78 Å². The Labute approximate surface area is 249 Å². The molecule has 2 atom stereocenters. The number of fused-ring (bicyclic) bond motifs is 3. The van der Waals surface area contributed by atoms with Crippen molar-refractivity contribution in [3.8, 4) is 5.75 Å². The second-order valence-corrected chi connectivity index (χ2v) is 11.2. The zero-order valence-corrected chi connectivity index (χ0v) is 23.6. The fourth-order valence-corrected chi connectivity index (χ4v) is 6.08. The van der Waals surface area contributed by atoms with Crippen molar-refractivity contribution in [3.63, 3.8) is 0 Å². The van der Waals surface area contributed by atoms with Gasteiger partial charge in [0.1, 0.15) is 11.6 Å². The van der Waals surface area contributed by atoms with E-state index in [0.717, 1.165) is 36.5 Å². The molecule has 4 aromatic carbocycles. The van der Waals surface area contributed by atoms with Crippen molar-refractivity contribution < 1.29 is 18.7 Å². The Bertz CT molecular complexity index is 1670. The lowest BCUT2D eigenvalue weighted by Crippen LogP contribution is -2.48. The lowest BCUT2D eigenvalue weighted by atomic mass is 9.95. The third kappa shape index (κ3) is 5.42. The number of hydrogen-bond donors (Lipinski definition) is 0. The highest BCUT2D eigenvalue weighted by atomic mass is 19.1. The molecule has 3 heterocycles. The number of Topliss-reactive ketones (excluding diaryl/α,β-unsaturated/α-hetero) is 1. The van der Waals surface area contributed by atoms with E-state index in [4.69, 9.17) is 9.84 Å². The molecule has 43 heavy (non-hydrogen) atoms. The molecule has 0 spiro atoms. The van der Waals surface area contributed by atoms with Crippen LogP contribution in [0, 0.1) is 5.82 Å². The molecule has 7 rings (SSSR count). The van der Waals surface area contributed by atoms with Crippen LogP contribution in [0.15, 0.2) is 108 Å². The van der Waals surface area contributed by atoms with Gasteiger partial charge < -0.3 is 9.64 Å². The van der Waals surface area contributed by atoms with E-state index in [2.05, 4.69) is 29.2 Å². The number of carbonyl (C=O) groups is 2. The van der Waals surface area contributed by atoms with Crippen LogP contribution < -0.4 is 4.74 Å². The average molecular weight is 575 g/mol. The minimum Gasteiger partial charge on any atom is -0.461 e. The second kappa shape index (κ2) is 11.5. The highest BCUT2D eigenvalue weighted by molar-refractivity contribution is 6.04. The van der Waals surface area contributed by atoms with Gasteiger partial charge in [0.05, 0.1) is 11.8 Å². The summed E-state index contributed by atoms with van der Waals surface area (Å²) >= 11 is 0. The third-order valence-electron chi connectivity index (χ3n) is 8.43. The molecule has 0 aromatic heterocycles. The van der Waals surface area contributed by atoms with Gasteiger partial charge in [-0.1, -0.05) is 60.7 Å². The first kappa shape index (κ1) is 27.0. The highest BCUT2D eigenvalue weighted by Crippen LogP contribution is 2.43. The normalized spacial score (nSPS) is 19.7. The molecule has 7 nitrogen and oxygen atoms in total. The van der Waals surface area contributed by atoms with E-state index in [1.807, 2.05) is 59.5 Å².